The highest BCUT2D eigenvalue weighted by atomic mass is 16.2. The van der Waals surface area contributed by atoms with Crippen molar-refractivity contribution >= 4 is 33.6 Å². The summed E-state index contributed by atoms with van der Waals surface area (Å²) in [4.78, 5) is 40.9. The molecule has 1 atom stereocenters. The Morgan fingerprint density at radius 2 is 1.16 bits per heavy atom. The van der Waals surface area contributed by atoms with Gasteiger partial charge in [0.25, 0.3) is 11.8 Å². The van der Waals surface area contributed by atoms with Crippen molar-refractivity contribution < 1.29 is 9.59 Å². The van der Waals surface area contributed by atoms with E-state index in [-0.39, 0.29) is 11.8 Å². The van der Waals surface area contributed by atoms with Gasteiger partial charge in [-0.05, 0) is 86.2 Å². The van der Waals surface area contributed by atoms with Gasteiger partial charge in [0.2, 0.25) is 0 Å². The number of amides is 2. The van der Waals surface area contributed by atoms with Crippen molar-refractivity contribution in [3.8, 4) is 0 Å². The Balaban J connectivity index is 0.000000161. The minimum Gasteiger partial charge on any atom is -0.361 e. The average molecular weight is 754 g/mol. The summed E-state index contributed by atoms with van der Waals surface area (Å²) in [5, 5.41) is 2.28. The third kappa shape index (κ3) is 8.18. The van der Waals surface area contributed by atoms with Gasteiger partial charge < -0.3 is 19.4 Å². The van der Waals surface area contributed by atoms with Crippen molar-refractivity contribution in [2.45, 2.75) is 82.5 Å². The molecule has 9 heteroatoms. The van der Waals surface area contributed by atoms with Crippen molar-refractivity contribution in [2.75, 3.05) is 65.4 Å². The Bertz CT molecular complexity index is 2080. The molecular weight excluding hydrogens is 695 g/mol. The highest BCUT2D eigenvalue weighted by Gasteiger charge is 2.30. The van der Waals surface area contributed by atoms with E-state index in [9.17, 15) is 9.59 Å². The van der Waals surface area contributed by atoms with Gasteiger partial charge in [0.1, 0.15) is 0 Å². The second-order valence-electron chi connectivity index (χ2n) is 17.0. The third-order valence-corrected chi connectivity index (χ3v) is 13.5. The lowest BCUT2D eigenvalue weighted by Crippen LogP contribution is -2.51. The van der Waals surface area contributed by atoms with Crippen LogP contribution in [0.15, 0.2) is 91.3 Å². The molecule has 2 aliphatic carbocycles. The zero-order valence-corrected chi connectivity index (χ0v) is 33.0. The Kier molecular flexibility index (Phi) is 11.3. The standard InChI is InChI=1S/C29H36N4O.C18H23N3O/c34-29(32-18-16-31(17-19-32)26-8-4-5-9-26)25-10-11-28-24(20-25)12-15-33(28)27-13-14-30(22-27)21-23-6-2-1-3-7-23;22-18(15-5-6-17-14(13-15)7-8-19-17)21-11-9-20(10-12-21)16-3-1-2-4-16/h1-3,6-7,10-12,15,20,26-27H,4-5,8-9,13-14,16-19,21-22H2;5-8,13,16,19H,1-4,9-12H2. The molecule has 0 radical (unpaired) electrons. The molecule has 1 N–H and O–H groups in total. The number of nitrogens with zero attached hydrogens (tertiary/aromatic N) is 6. The van der Waals surface area contributed by atoms with E-state index in [1.54, 1.807) is 0 Å². The Morgan fingerprint density at radius 1 is 0.571 bits per heavy atom. The topological polar surface area (TPSA) is 71.1 Å². The number of likely N-dealkylation sites (tertiary alicyclic amines) is 1. The van der Waals surface area contributed by atoms with E-state index in [1.165, 1.54) is 74.3 Å². The number of benzene rings is 3. The highest BCUT2D eigenvalue weighted by molar-refractivity contribution is 5.99. The lowest BCUT2D eigenvalue weighted by atomic mass is 10.1. The van der Waals surface area contributed by atoms with Crippen LogP contribution in [-0.2, 0) is 6.54 Å². The van der Waals surface area contributed by atoms with E-state index < -0.39 is 0 Å². The maximum absolute atomic E-state index is 13.2. The van der Waals surface area contributed by atoms with Gasteiger partial charge in [-0.15, -0.1) is 0 Å². The van der Waals surface area contributed by atoms with Gasteiger partial charge in [-0.25, -0.2) is 0 Å². The van der Waals surface area contributed by atoms with E-state index in [4.69, 9.17) is 0 Å². The molecule has 2 aromatic heterocycles. The molecule has 3 aliphatic heterocycles. The van der Waals surface area contributed by atoms with Gasteiger partial charge in [-0.1, -0.05) is 56.0 Å². The molecule has 5 aromatic rings. The van der Waals surface area contributed by atoms with Crippen LogP contribution in [0.3, 0.4) is 0 Å². The van der Waals surface area contributed by atoms with Gasteiger partial charge >= 0.3 is 0 Å². The predicted octanol–water partition coefficient (Wildman–Crippen LogP) is 7.66. The minimum absolute atomic E-state index is 0.175. The summed E-state index contributed by atoms with van der Waals surface area (Å²) in [6.07, 6.45) is 16.2. The zero-order chi connectivity index (χ0) is 37.8. The van der Waals surface area contributed by atoms with Crippen molar-refractivity contribution in [3.63, 3.8) is 0 Å². The SMILES string of the molecule is O=C(c1ccc2[nH]ccc2c1)N1CCN(C2CCCC2)CC1.O=C(c1ccc2c(ccn2C2CCN(Cc3ccccc3)C2)c1)N1CCN(C2CCCC2)CC1. The Labute approximate surface area is 332 Å². The number of hydrogen-bond donors (Lipinski definition) is 1. The number of H-pyrrole nitrogens is 1. The van der Waals surface area contributed by atoms with E-state index >= 15 is 0 Å². The molecule has 2 amide bonds. The summed E-state index contributed by atoms with van der Waals surface area (Å²) in [6, 6.07) is 29.2. The van der Waals surface area contributed by atoms with Crippen LogP contribution >= 0.6 is 0 Å². The van der Waals surface area contributed by atoms with Crippen LogP contribution in [0.4, 0.5) is 0 Å². The van der Waals surface area contributed by atoms with E-state index in [0.29, 0.717) is 6.04 Å². The van der Waals surface area contributed by atoms with E-state index in [0.717, 1.165) is 106 Å². The first kappa shape index (κ1) is 37.2. The molecule has 3 saturated heterocycles. The lowest BCUT2D eigenvalue weighted by molar-refractivity contribution is 0.0568. The van der Waals surface area contributed by atoms with Crippen LogP contribution in [-0.4, -0.2) is 123 Å². The Morgan fingerprint density at radius 3 is 1.79 bits per heavy atom. The molecule has 5 heterocycles. The Hall–Kier alpha value is -4.44. The molecule has 294 valence electrons. The van der Waals surface area contributed by atoms with Crippen molar-refractivity contribution in [3.05, 3.63) is 108 Å². The summed E-state index contributed by atoms with van der Waals surface area (Å²) in [6.45, 7) is 10.8. The third-order valence-electron chi connectivity index (χ3n) is 13.5. The molecule has 56 heavy (non-hydrogen) atoms. The molecule has 5 aliphatic rings. The number of hydrogen-bond acceptors (Lipinski definition) is 5. The summed E-state index contributed by atoms with van der Waals surface area (Å²) < 4.78 is 2.43. The molecule has 3 aromatic carbocycles. The maximum atomic E-state index is 13.2. The number of carbonyl (C=O) groups excluding carboxylic acids is 2. The normalized spacial score (nSPS) is 22.0. The van der Waals surface area contributed by atoms with Crippen LogP contribution in [0.5, 0.6) is 0 Å². The second kappa shape index (κ2) is 17.0. The molecule has 10 rings (SSSR count). The smallest absolute Gasteiger partial charge is 0.253 e. The van der Waals surface area contributed by atoms with Gasteiger partial charge in [0, 0.05) is 135 Å². The minimum atomic E-state index is 0.175. The molecular formula is C47H59N7O2. The zero-order valence-electron chi connectivity index (χ0n) is 33.0. The van der Waals surface area contributed by atoms with E-state index in [1.807, 2.05) is 41.4 Å². The molecule has 2 saturated carbocycles. The maximum Gasteiger partial charge on any atom is 0.253 e. The number of fused-ring (bicyclic) bond motifs is 2. The van der Waals surface area contributed by atoms with Crippen LogP contribution in [0.1, 0.15) is 90.1 Å². The molecule has 9 nitrogen and oxygen atoms in total. The number of aromatic nitrogens is 2. The van der Waals surface area contributed by atoms with Gasteiger partial charge in [-0.3, -0.25) is 24.3 Å². The number of aromatic amines is 1. The monoisotopic (exact) mass is 753 g/mol. The molecule has 0 bridgehead atoms. The first-order valence-electron chi connectivity index (χ1n) is 21.6. The lowest BCUT2D eigenvalue weighted by Gasteiger charge is -2.38. The van der Waals surface area contributed by atoms with Crippen molar-refractivity contribution in [2.24, 2.45) is 0 Å². The first-order valence-corrected chi connectivity index (χ1v) is 21.6. The number of rotatable bonds is 7. The fourth-order valence-corrected chi connectivity index (χ4v) is 10.3. The fraction of sp³-hybridized carbons (Fsp3) is 0.489. The van der Waals surface area contributed by atoms with Crippen molar-refractivity contribution in [1.82, 2.24) is 34.1 Å². The summed E-state index contributed by atoms with van der Waals surface area (Å²) in [7, 11) is 0. The van der Waals surface area contributed by atoms with Crippen molar-refractivity contribution in [1.29, 1.82) is 0 Å². The first-order chi connectivity index (χ1) is 27.6. The number of carbonyl (C=O) groups is 2. The van der Waals surface area contributed by atoms with Crippen LogP contribution in [0.25, 0.3) is 21.8 Å². The van der Waals surface area contributed by atoms with Crippen LogP contribution < -0.4 is 0 Å². The average Bonchev–Trinajstić information content (AvgIpc) is 4.11. The highest BCUT2D eigenvalue weighted by Crippen LogP contribution is 2.30. The number of piperazine rings is 2. The molecule has 5 fully saturated rings. The number of nitrogens with one attached hydrogen (secondary N) is 1. The predicted molar refractivity (Wildman–Crippen MR) is 225 cm³/mol. The van der Waals surface area contributed by atoms with Gasteiger partial charge in [0.15, 0.2) is 0 Å². The summed E-state index contributed by atoms with van der Waals surface area (Å²) in [5.74, 6) is 0.366. The summed E-state index contributed by atoms with van der Waals surface area (Å²) >= 11 is 0. The second-order valence-corrected chi connectivity index (χ2v) is 17.0. The van der Waals surface area contributed by atoms with Gasteiger partial charge in [0.05, 0.1) is 0 Å². The van der Waals surface area contributed by atoms with Gasteiger partial charge in [-0.2, -0.15) is 0 Å². The quantitative estimate of drug-likeness (QED) is 0.185. The van der Waals surface area contributed by atoms with Crippen LogP contribution in [0.2, 0.25) is 0 Å². The molecule has 1 unspecified atom stereocenters. The van der Waals surface area contributed by atoms with Crippen LogP contribution in [0, 0.1) is 0 Å². The van der Waals surface area contributed by atoms with E-state index in [2.05, 4.69) is 83.9 Å². The molecule has 0 spiro atoms. The fourth-order valence-electron chi connectivity index (χ4n) is 10.3. The summed E-state index contributed by atoms with van der Waals surface area (Å²) in [5.41, 5.74) is 5.35. The largest absolute Gasteiger partial charge is 0.361 e.